The first-order chi connectivity index (χ1) is 8.42. The van der Waals surface area contributed by atoms with Gasteiger partial charge in [0.1, 0.15) is 0 Å². The number of amides is 1. The molecule has 1 aromatic carbocycles. The average molecular weight is 244 g/mol. The molecule has 18 heavy (non-hydrogen) atoms. The molecule has 0 atom stereocenters. The molecule has 0 aliphatic heterocycles. The van der Waals surface area contributed by atoms with Crippen LogP contribution < -0.4 is 11.1 Å². The quantitative estimate of drug-likeness (QED) is 0.785. The Balaban J connectivity index is 2.81. The number of carbonyl (C=O) groups excluding carboxylic acids is 1. The van der Waals surface area contributed by atoms with E-state index in [4.69, 9.17) is 5.73 Å². The summed E-state index contributed by atoms with van der Waals surface area (Å²) in [7, 11) is 0. The fraction of sp³-hybridized carbons (Fsp3) is 0.400. The van der Waals surface area contributed by atoms with Crippen molar-refractivity contribution in [3.05, 3.63) is 29.8 Å². The largest absolute Gasteiger partial charge is 0.325 e. The van der Waals surface area contributed by atoms with E-state index in [0.29, 0.717) is 13.0 Å². The summed E-state index contributed by atoms with van der Waals surface area (Å²) >= 11 is 0. The summed E-state index contributed by atoms with van der Waals surface area (Å²) in [5, 5.41) is 2.89. The van der Waals surface area contributed by atoms with Crippen molar-refractivity contribution in [3.63, 3.8) is 0 Å². The minimum atomic E-state index is -0.0258. The number of nitrogens with two attached hydrogens (primary N) is 1. The van der Waals surface area contributed by atoms with Crippen LogP contribution >= 0.6 is 0 Å². The summed E-state index contributed by atoms with van der Waals surface area (Å²) in [6, 6.07) is 7.48. The van der Waals surface area contributed by atoms with Crippen molar-refractivity contribution in [3.8, 4) is 11.8 Å². The maximum atomic E-state index is 11.9. The van der Waals surface area contributed by atoms with E-state index >= 15 is 0 Å². The summed E-state index contributed by atoms with van der Waals surface area (Å²) in [4.78, 5) is 11.9. The molecule has 96 valence electrons. The number of hydrogen-bond acceptors (Lipinski definition) is 2. The summed E-state index contributed by atoms with van der Waals surface area (Å²) in [5.41, 5.74) is 6.86. The lowest BCUT2D eigenvalue weighted by Crippen LogP contribution is -2.20. The third-order valence-electron chi connectivity index (χ3n) is 2.22. The standard InChI is InChI=1S/C15H20N2O/c1-15(2,3)11-14(18)17-13-9-5-4-7-12(13)8-6-10-16/h4-5,7,9H,10-11,16H2,1-3H3,(H,17,18). The molecule has 0 saturated heterocycles. The third kappa shape index (κ3) is 5.03. The first kappa shape index (κ1) is 14.3. The Kier molecular flexibility index (Phi) is 4.94. The van der Waals surface area contributed by atoms with Crippen LogP contribution in [0.4, 0.5) is 5.69 Å². The topological polar surface area (TPSA) is 55.1 Å². The Morgan fingerprint density at radius 2 is 2.00 bits per heavy atom. The minimum Gasteiger partial charge on any atom is -0.325 e. The van der Waals surface area contributed by atoms with Crippen LogP contribution in [-0.4, -0.2) is 12.5 Å². The molecule has 1 rings (SSSR count). The van der Waals surface area contributed by atoms with Crippen LogP contribution in [0.5, 0.6) is 0 Å². The molecular weight excluding hydrogens is 224 g/mol. The van der Waals surface area contributed by atoms with Gasteiger partial charge in [0.25, 0.3) is 0 Å². The van der Waals surface area contributed by atoms with Crippen molar-refractivity contribution >= 4 is 11.6 Å². The molecule has 3 N–H and O–H groups in total. The second-order valence-electron chi connectivity index (χ2n) is 5.34. The molecule has 1 aromatic rings. The van der Waals surface area contributed by atoms with Gasteiger partial charge in [-0.05, 0) is 17.5 Å². The monoisotopic (exact) mass is 244 g/mol. The van der Waals surface area contributed by atoms with Crippen molar-refractivity contribution < 1.29 is 4.79 Å². The van der Waals surface area contributed by atoms with Gasteiger partial charge in [-0.25, -0.2) is 0 Å². The molecule has 0 unspecified atom stereocenters. The van der Waals surface area contributed by atoms with Gasteiger partial charge < -0.3 is 11.1 Å². The van der Waals surface area contributed by atoms with Crippen LogP contribution in [0, 0.1) is 17.3 Å². The van der Waals surface area contributed by atoms with Crippen LogP contribution in [0.2, 0.25) is 0 Å². The Morgan fingerprint density at radius 3 is 2.61 bits per heavy atom. The molecule has 0 heterocycles. The van der Waals surface area contributed by atoms with Crippen LogP contribution in [0.1, 0.15) is 32.8 Å². The van der Waals surface area contributed by atoms with Gasteiger partial charge in [0.05, 0.1) is 12.2 Å². The zero-order valence-electron chi connectivity index (χ0n) is 11.2. The van der Waals surface area contributed by atoms with Gasteiger partial charge in [0.2, 0.25) is 5.91 Å². The molecule has 0 aliphatic rings. The van der Waals surface area contributed by atoms with Gasteiger partial charge in [-0.2, -0.15) is 0 Å². The number of anilines is 1. The second kappa shape index (κ2) is 6.23. The lowest BCUT2D eigenvalue weighted by Gasteiger charge is -2.17. The van der Waals surface area contributed by atoms with Gasteiger partial charge in [0.15, 0.2) is 0 Å². The summed E-state index contributed by atoms with van der Waals surface area (Å²) < 4.78 is 0. The third-order valence-corrected chi connectivity index (χ3v) is 2.22. The number of nitrogens with one attached hydrogen (secondary N) is 1. The van der Waals surface area contributed by atoms with Crippen molar-refractivity contribution in [2.24, 2.45) is 11.1 Å². The number of para-hydroxylation sites is 1. The van der Waals surface area contributed by atoms with Crippen molar-refractivity contribution in [2.75, 3.05) is 11.9 Å². The summed E-state index contributed by atoms with van der Waals surface area (Å²) in [5.74, 6) is 5.75. The van der Waals surface area contributed by atoms with Crippen molar-refractivity contribution in [2.45, 2.75) is 27.2 Å². The average Bonchev–Trinajstić information content (AvgIpc) is 2.25. The molecular formula is C15H20N2O. The molecule has 3 nitrogen and oxygen atoms in total. The van der Waals surface area contributed by atoms with Gasteiger partial charge in [0, 0.05) is 12.0 Å². The summed E-state index contributed by atoms with van der Waals surface area (Å²) in [6.07, 6.45) is 0.478. The number of carbonyl (C=O) groups is 1. The van der Waals surface area contributed by atoms with Crippen LogP contribution in [0.3, 0.4) is 0 Å². The Bertz CT molecular complexity index is 475. The van der Waals surface area contributed by atoms with Gasteiger partial charge in [-0.1, -0.05) is 44.7 Å². The molecule has 0 aromatic heterocycles. The number of benzene rings is 1. The molecule has 0 bridgehead atoms. The van der Waals surface area contributed by atoms with E-state index in [0.717, 1.165) is 11.3 Å². The highest BCUT2D eigenvalue weighted by Gasteiger charge is 2.16. The van der Waals surface area contributed by atoms with E-state index < -0.39 is 0 Å². The molecule has 0 fully saturated rings. The van der Waals surface area contributed by atoms with Crippen molar-refractivity contribution in [1.82, 2.24) is 0 Å². The van der Waals surface area contributed by atoms with E-state index in [1.807, 2.05) is 45.0 Å². The Morgan fingerprint density at radius 1 is 1.33 bits per heavy atom. The van der Waals surface area contributed by atoms with E-state index in [9.17, 15) is 4.79 Å². The first-order valence-corrected chi connectivity index (χ1v) is 6.00. The Labute approximate surface area is 109 Å². The van der Waals surface area contributed by atoms with Gasteiger partial charge >= 0.3 is 0 Å². The molecule has 0 saturated carbocycles. The van der Waals surface area contributed by atoms with E-state index in [2.05, 4.69) is 17.2 Å². The lowest BCUT2D eigenvalue weighted by atomic mass is 9.92. The zero-order chi connectivity index (χ0) is 13.6. The number of hydrogen-bond donors (Lipinski definition) is 2. The second-order valence-corrected chi connectivity index (χ2v) is 5.34. The SMILES string of the molecule is CC(C)(C)CC(=O)Nc1ccccc1C#CCN. The summed E-state index contributed by atoms with van der Waals surface area (Å²) in [6.45, 7) is 6.41. The maximum Gasteiger partial charge on any atom is 0.224 e. The highest BCUT2D eigenvalue weighted by Crippen LogP contribution is 2.20. The number of rotatable bonds is 2. The molecule has 1 amide bonds. The van der Waals surface area contributed by atoms with E-state index in [1.54, 1.807) is 0 Å². The van der Waals surface area contributed by atoms with Crippen LogP contribution in [0.15, 0.2) is 24.3 Å². The van der Waals surface area contributed by atoms with E-state index in [1.165, 1.54) is 0 Å². The smallest absolute Gasteiger partial charge is 0.224 e. The zero-order valence-corrected chi connectivity index (χ0v) is 11.2. The van der Waals surface area contributed by atoms with E-state index in [-0.39, 0.29) is 11.3 Å². The predicted octanol–water partition coefficient (Wildman–Crippen LogP) is 2.37. The highest BCUT2D eigenvalue weighted by atomic mass is 16.1. The molecule has 0 radical (unpaired) electrons. The normalized spacial score (nSPS) is 10.4. The maximum absolute atomic E-state index is 11.9. The van der Waals surface area contributed by atoms with Crippen LogP contribution in [-0.2, 0) is 4.79 Å². The lowest BCUT2D eigenvalue weighted by molar-refractivity contribution is -0.117. The molecule has 0 spiro atoms. The fourth-order valence-electron chi connectivity index (χ4n) is 1.52. The minimum absolute atomic E-state index is 0.00417. The molecule has 3 heteroatoms. The van der Waals surface area contributed by atoms with Crippen molar-refractivity contribution in [1.29, 1.82) is 0 Å². The fourth-order valence-corrected chi connectivity index (χ4v) is 1.52. The van der Waals surface area contributed by atoms with Gasteiger partial charge in [-0.3, -0.25) is 4.79 Å². The van der Waals surface area contributed by atoms with Crippen LogP contribution in [0.25, 0.3) is 0 Å². The first-order valence-electron chi connectivity index (χ1n) is 6.00. The Hall–Kier alpha value is -1.79. The predicted molar refractivity (Wildman–Crippen MR) is 75.1 cm³/mol. The highest BCUT2D eigenvalue weighted by molar-refractivity contribution is 5.92. The molecule has 0 aliphatic carbocycles. The van der Waals surface area contributed by atoms with Gasteiger partial charge in [-0.15, -0.1) is 0 Å².